The Bertz CT molecular complexity index is 419. The Morgan fingerprint density at radius 1 is 1.50 bits per heavy atom. The highest BCUT2D eigenvalue weighted by Crippen LogP contribution is 2.32. The van der Waals surface area contributed by atoms with Crippen LogP contribution in [0.1, 0.15) is 18.0 Å². The Kier molecular flexibility index (Phi) is 3.90. The maximum absolute atomic E-state index is 6.02. The predicted octanol–water partition coefficient (Wildman–Crippen LogP) is 3.67. The Morgan fingerprint density at radius 3 is 2.94 bits per heavy atom. The molecule has 16 heavy (non-hydrogen) atoms. The number of nitrogens with one attached hydrogen (secondary N) is 1. The van der Waals surface area contributed by atoms with Gasteiger partial charge in [0.1, 0.15) is 5.76 Å². The first-order valence-electron chi connectivity index (χ1n) is 5.17. The van der Waals surface area contributed by atoms with Gasteiger partial charge in [0.15, 0.2) is 0 Å². The molecule has 1 aliphatic heterocycles. The molecule has 1 atom stereocenters. The van der Waals surface area contributed by atoms with Gasteiger partial charge in [-0.3, -0.25) is 0 Å². The summed E-state index contributed by atoms with van der Waals surface area (Å²) in [5.41, 5.74) is 1.10. The van der Waals surface area contributed by atoms with Crippen molar-refractivity contribution in [1.82, 2.24) is 5.32 Å². The fourth-order valence-electron chi connectivity index (χ4n) is 1.82. The number of hydrogen-bond donors (Lipinski definition) is 1. The first-order chi connectivity index (χ1) is 7.72. The highest BCUT2D eigenvalue weighted by atomic mass is 79.9. The van der Waals surface area contributed by atoms with Gasteiger partial charge in [0.05, 0.1) is 12.6 Å². The molecule has 1 heterocycles. The van der Waals surface area contributed by atoms with Crippen LogP contribution in [-0.2, 0) is 4.74 Å². The standard InChI is InChI=1S/C12H13BrClNO/c1-15-12(11-3-2-6-16-11)9-7-8(14)4-5-10(9)13/h3-5,7,12,15H,2,6H2,1H3. The zero-order valence-corrected chi connectivity index (χ0v) is 11.3. The molecule has 0 bridgehead atoms. The lowest BCUT2D eigenvalue weighted by atomic mass is 10.1. The van der Waals surface area contributed by atoms with Gasteiger partial charge in [-0.1, -0.05) is 27.5 Å². The van der Waals surface area contributed by atoms with Gasteiger partial charge in [-0.05, 0) is 36.9 Å². The van der Waals surface area contributed by atoms with Gasteiger partial charge >= 0.3 is 0 Å². The van der Waals surface area contributed by atoms with E-state index in [1.807, 2.05) is 25.2 Å². The predicted molar refractivity (Wildman–Crippen MR) is 69.6 cm³/mol. The van der Waals surface area contributed by atoms with E-state index >= 15 is 0 Å². The minimum atomic E-state index is 0.0653. The van der Waals surface area contributed by atoms with Crippen LogP contribution in [-0.4, -0.2) is 13.7 Å². The van der Waals surface area contributed by atoms with Gasteiger partial charge in [0.25, 0.3) is 0 Å². The first kappa shape index (κ1) is 12.0. The van der Waals surface area contributed by atoms with Crippen molar-refractivity contribution in [2.24, 2.45) is 0 Å². The maximum atomic E-state index is 6.02. The third-order valence-corrected chi connectivity index (χ3v) is 3.53. The summed E-state index contributed by atoms with van der Waals surface area (Å²) in [5.74, 6) is 0.977. The van der Waals surface area contributed by atoms with Crippen LogP contribution >= 0.6 is 27.5 Å². The molecule has 2 nitrogen and oxygen atoms in total. The lowest BCUT2D eigenvalue weighted by Crippen LogP contribution is -2.19. The molecule has 0 saturated heterocycles. The van der Waals surface area contributed by atoms with Gasteiger partial charge in [-0.15, -0.1) is 0 Å². The normalized spacial score (nSPS) is 16.8. The van der Waals surface area contributed by atoms with Crippen molar-refractivity contribution in [2.45, 2.75) is 12.5 Å². The minimum Gasteiger partial charge on any atom is -0.496 e. The van der Waals surface area contributed by atoms with Crippen LogP contribution in [0.3, 0.4) is 0 Å². The fraction of sp³-hybridized carbons (Fsp3) is 0.333. The van der Waals surface area contributed by atoms with Crippen LogP contribution in [0.15, 0.2) is 34.5 Å². The minimum absolute atomic E-state index is 0.0653. The average Bonchev–Trinajstić information content (AvgIpc) is 2.78. The number of rotatable bonds is 3. The molecule has 0 fully saturated rings. The molecule has 1 unspecified atom stereocenters. The molecule has 0 aromatic heterocycles. The second-order valence-corrected chi connectivity index (χ2v) is 4.92. The highest BCUT2D eigenvalue weighted by Gasteiger charge is 2.21. The molecule has 86 valence electrons. The van der Waals surface area contributed by atoms with E-state index in [0.717, 1.165) is 33.8 Å². The smallest absolute Gasteiger partial charge is 0.114 e. The zero-order valence-electron chi connectivity index (χ0n) is 8.97. The summed E-state index contributed by atoms with van der Waals surface area (Å²) < 4.78 is 6.62. The molecule has 1 N–H and O–H groups in total. The summed E-state index contributed by atoms with van der Waals surface area (Å²) >= 11 is 9.55. The number of benzene rings is 1. The Morgan fingerprint density at radius 2 is 2.31 bits per heavy atom. The van der Waals surface area contributed by atoms with Gasteiger partial charge in [0, 0.05) is 15.9 Å². The largest absolute Gasteiger partial charge is 0.496 e. The number of hydrogen-bond acceptors (Lipinski definition) is 2. The van der Waals surface area contributed by atoms with Gasteiger partial charge < -0.3 is 10.1 Å². The van der Waals surface area contributed by atoms with E-state index in [4.69, 9.17) is 16.3 Å². The monoisotopic (exact) mass is 301 g/mol. The van der Waals surface area contributed by atoms with Crippen molar-refractivity contribution in [1.29, 1.82) is 0 Å². The molecule has 0 amide bonds. The summed E-state index contributed by atoms with van der Waals surface area (Å²) in [7, 11) is 1.92. The van der Waals surface area contributed by atoms with Crippen LogP contribution in [0.4, 0.5) is 0 Å². The summed E-state index contributed by atoms with van der Waals surface area (Å²) in [4.78, 5) is 0. The van der Waals surface area contributed by atoms with Gasteiger partial charge in [-0.25, -0.2) is 0 Å². The van der Waals surface area contributed by atoms with E-state index in [1.165, 1.54) is 0 Å². The first-order valence-corrected chi connectivity index (χ1v) is 6.34. The topological polar surface area (TPSA) is 21.3 Å². The molecular weight excluding hydrogens is 289 g/mol. The summed E-state index contributed by atoms with van der Waals surface area (Å²) in [6, 6.07) is 5.84. The molecule has 1 aromatic rings. The third kappa shape index (κ3) is 2.42. The van der Waals surface area contributed by atoms with Crippen molar-refractivity contribution in [3.63, 3.8) is 0 Å². The van der Waals surface area contributed by atoms with E-state index in [9.17, 15) is 0 Å². The van der Waals surface area contributed by atoms with Crippen molar-refractivity contribution in [3.8, 4) is 0 Å². The van der Waals surface area contributed by atoms with Crippen molar-refractivity contribution in [2.75, 3.05) is 13.7 Å². The van der Waals surface area contributed by atoms with Crippen LogP contribution in [0.2, 0.25) is 5.02 Å². The SMILES string of the molecule is CNC(C1=CCCO1)c1cc(Cl)ccc1Br. The van der Waals surface area contributed by atoms with Crippen LogP contribution in [0.5, 0.6) is 0 Å². The summed E-state index contributed by atoms with van der Waals surface area (Å²) in [6.45, 7) is 0.770. The number of ether oxygens (including phenoxy) is 1. The van der Waals surface area contributed by atoms with E-state index in [2.05, 4.69) is 27.3 Å². The van der Waals surface area contributed by atoms with Crippen LogP contribution in [0, 0.1) is 0 Å². The lowest BCUT2D eigenvalue weighted by molar-refractivity contribution is 0.218. The van der Waals surface area contributed by atoms with Crippen molar-refractivity contribution in [3.05, 3.63) is 45.1 Å². The Hall–Kier alpha value is -0.510. The quantitative estimate of drug-likeness (QED) is 0.920. The number of likely N-dealkylation sites (N-methyl/N-ethyl adjacent to an activating group) is 1. The number of halogens is 2. The van der Waals surface area contributed by atoms with Crippen LogP contribution < -0.4 is 5.32 Å². The van der Waals surface area contributed by atoms with E-state index < -0.39 is 0 Å². The van der Waals surface area contributed by atoms with E-state index in [1.54, 1.807) is 0 Å². The highest BCUT2D eigenvalue weighted by molar-refractivity contribution is 9.10. The molecular formula is C12H13BrClNO. The summed E-state index contributed by atoms with van der Waals surface area (Å²) in [5, 5.41) is 3.98. The average molecular weight is 303 g/mol. The van der Waals surface area contributed by atoms with E-state index in [0.29, 0.717) is 0 Å². The van der Waals surface area contributed by atoms with Gasteiger partial charge in [0.2, 0.25) is 0 Å². The Labute approximate surface area is 109 Å². The zero-order chi connectivity index (χ0) is 11.5. The van der Waals surface area contributed by atoms with E-state index in [-0.39, 0.29) is 6.04 Å². The second-order valence-electron chi connectivity index (χ2n) is 3.63. The molecule has 0 saturated carbocycles. The third-order valence-electron chi connectivity index (χ3n) is 2.57. The molecule has 4 heteroatoms. The van der Waals surface area contributed by atoms with Crippen LogP contribution in [0.25, 0.3) is 0 Å². The molecule has 1 aromatic carbocycles. The molecule has 1 aliphatic rings. The summed E-state index contributed by atoms with van der Waals surface area (Å²) in [6.07, 6.45) is 3.10. The molecule has 0 radical (unpaired) electrons. The van der Waals surface area contributed by atoms with Gasteiger partial charge in [-0.2, -0.15) is 0 Å². The lowest BCUT2D eigenvalue weighted by Gasteiger charge is -2.19. The Balaban J connectivity index is 2.35. The molecule has 2 rings (SSSR count). The maximum Gasteiger partial charge on any atom is 0.114 e. The molecule has 0 aliphatic carbocycles. The fourth-order valence-corrected chi connectivity index (χ4v) is 2.48. The molecule has 0 spiro atoms. The second kappa shape index (κ2) is 5.21. The van der Waals surface area contributed by atoms with Crippen molar-refractivity contribution >= 4 is 27.5 Å². The van der Waals surface area contributed by atoms with Crippen molar-refractivity contribution < 1.29 is 4.74 Å².